The lowest BCUT2D eigenvalue weighted by molar-refractivity contribution is 0.327. The normalized spacial score (nSPS) is 16.4. The van der Waals surface area contributed by atoms with E-state index < -0.39 is 0 Å². The van der Waals surface area contributed by atoms with Gasteiger partial charge in [0.15, 0.2) is 0 Å². The maximum Gasteiger partial charge on any atom is 0.268 e. The molecule has 2 aromatic rings. The average molecular weight is 276 g/mol. The zero-order valence-electron chi connectivity index (χ0n) is 11.2. The smallest absolute Gasteiger partial charge is 0.268 e. The Balaban J connectivity index is 1.56. The van der Waals surface area contributed by atoms with E-state index in [0.717, 1.165) is 23.1 Å². The minimum Gasteiger partial charge on any atom is -0.303 e. The molecule has 0 N–H and O–H groups in total. The summed E-state index contributed by atoms with van der Waals surface area (Å²) in [7, 11) is 0. The Hall–Kier alpha value is -1.13. The van der Waals surface area contributed by atoms with E-state index >= 15 is 0 Å². The molecule has 0 spiro atoms. The predicted molar refractivity (Wildman–Crippen MR) is 81.0 cm³/mol. The third-order valence-corrected chi connectivity index (χ3v) is 4.96. The summed E-state index contributed by atoms with van der Waals surface area (Å²) in [5.74, 6) is 0. The summed E-state index contributed by atoms with van der Waals surface area (Å²) >= 11 is 1.60. The molecular weight excluding hydrogens is 256 g/mol. The number of aromatic nitrogens is 1. The summed E-state index contributed by atoms with van der Waals surface area (Å²) in [6.45, 7) is 4.59. The van der Waals surface area contributed by atoms with Crippen molar-refractivity contribution in [2.45, 2.75) is 32.2 Å². The number of hydrogen-bond acceptors (Lipinski definition) is 3. The van der Waals surface area contributed by atoms with Crippen LogP contribution in [-0.2, 0) is 6.54 Å². The standard InChI is InChI=1S/C15H20N2OS/c18-15-13-7-1-2-8-14(13)19-17(15)12-6-5-11-16-9-3-4-10-16/h1-2,7-8H,3-6,9-12H2. The van der Waals surface area contributed by atoms with Crippen molar-refractivity contribution < 1.29 is 0 Å². The van der Waals surface area contributed by atoms with Crippen LogP contribution in [-0.4, -0.2) is 28.5 Å². The number of likely N-dealkylation sites (tertiary alicyclic amines) is 1. The van der Waals surface area contributed by atoms with Crippen molar-refractivity contribution >= 4 is 21.6 Å². The van der Waals surface area contributed by atoms with Gasteiger partial charge in [-0.2, -0.15) is 0 Å². The fraction of sp³-hybridized carbons (Fsp3) is 0.533. The third-order valence-electron chi connectivity index (χ3n) is 3.84. The molecule has 102 valence electrons. The average Bonchev–Trinajstić information content (AvgIpc) is 3.04. The van der Waals surface area contributed by atoms with Crippen LogP contribution in [0.5, 0.6) is 0 Å². The monoisotopic (exact) mass is 276 g/mol. The highest BCUT2D eigenvalue weighted by Gasteiger charge is 2.11. The van der Waals surface area contributed by atoms with E-state index in [0.29, 0.717) is 0 Å². The number of benzene rings is 1. The molecule has 0 amide bonds. The van der Waals surface area contributed by atoms with E-state index in [4.69, 9.17) is 0 Å². The first-order valence-electron chi connectivity index (χ1n) is 7.16. The van der Waals surface area contributed by atoms with Crippen molar-refractivity contribution in [1.29, 1.82) is 0 Å². The maximum atomic E-state index is 12.1. The molecule has 1 fully saturated rings. The first-order chi connectivity index (χ1) is 9.34. The molecule has 0 aliphatic carbocycles. The summed E-state index contributed by atoms with van der Waals surface area (Å²) < 4.78 is 3.02. The number of aryl methyl sites for hydroxylation is 1. The summed E-state index contributed by atoms with van der Waals surface area (Å²) in [5.41, 5.74) is 0.182. The van der Waals surface area contributed by atoms with Crippen molar-refractivity contribution in [3.05, 3.63) is 34.6 Å². The van der Waals surface area contributed by atoms with Crippen LogP contribution in [0.4, 0.5) is 0 Å². The molecule has 4 heteroatoms. The molecule has 3 rings (SSSR count). The SMILES string of the molecule is O=c1c2ccccc2sn1CCCCN1CCCC1. The van der Waals surface area contributed by atoms with Crippen LogP contribution in [0.1, 0.15) is 25.7 Å². The second-order valence-electron chi connectivity index (χ2n) is 5.25. The Morgan fingerprint density at radius 2 is 1.79 bits per heavy atom. The Morgan fingerprint density at radius 1 is 1.05 bits per heavy atom. The molecular formula is C15H20N2OS. The summed E-state index contributed by atoms with van der Waals surface area (Å²) in [6, 6.07) is 7.89. The van der Waals surface area contributed by atoms with E-state index in [1.165, 1.54) is 38.9 Å². The van der Waals surface area contributed by atoms with Crippen LogP contribution in [0.25, 0.3) is 10.1 Å². The van der Waals surface area contributed by atoms with E-state index in [-0.39, 0.29) is 5.56 Å². The van der Waals surface area contributed by atoms with E-state index in [1.54, 1.807) is 11.5 Å². The predicted octanol–water partition coefficient (Wildman–Crippen LogP) is 2.94. The summed E-state index contributed by atoms with van der Waals surface area (Å²) in [4.78, 5) is 14.7. The summed E-state index contributed by atoms with van der Waals surface area (Å²) in [6.07, 6.45) is 5.01. The molecule has 0 radical (unpaired) electrons. The molecule has 0 saturated carbocycles. The van der Waals surface area contributed by atoms with E-state index in [1.807, 2.05) is 28.2 Å². The van der Waals surface area contributed by atoms with Gasteiger partial charge in [0, 0.05) is 6.54 Å². The number of rotatable bonds is 5. The van der Waals surface area contributed by atoms with Gasteiger partial charge in [-0.15, -0.1) is 0 Å². The first-order valence-corrected chi connectivity index (χ1v) is 7.93. The van der Waals surface area contributed by atoms with E-state index in [9.17, 15) is 4.79 Å². The van der Waals surface area contributed by atoms with Gasteiger partial charge in [0.05, 0.1) is 10.1 Å². The quantitative estimate of drug-likeness (QED) is 0.785. The van der Waals surface area contributed by atoms with Crippen LogP contribution in [0.2, 0.25) is 0 Å². The largest absolute Gasteiger partial charge is 0.303 e. The van der Waals surface area contributed by atoms with Crippen LogP contribution in [0.3, 0.4) is 0 Å². The van der Waals surface area contributed by atoms with Gasteiger partial charge in [-0.3, -0.25) is 8.75 Å². The second kappa shape index (κ2) is 5.88. The molecule has 1 saturated heterocycles. The topological polar surface area (TPSA) is 25.2 Å². The molecule has 1 aliphatic rings. The van der Waals surface area contributed by atoms with Crippen molar-refractivity contribution in [2.75, 3.05) is 19.6 Å². The lowest BCUT2D eigenvalue weighted by atomic mass is 10.3. The first kappa shape index (κ1) is 12.9. The highest BCUT2D eigenvalue weighted by atomic mass is 32.1. The minimum absolute atomic E-state index is 0.182. The van der Waals surface area contributed by atoms with Crippen LogP contribution < -0.4 is 5.56 Å². The summed E-state index contributed by atoms with van der Waals surface area (Å²) in [5, 5.41) is 0.868. The molecule has 2 heterocycles. The molecule has 3 nitrogen and oxygen atoms in total. The van der Waals surface area contributed by atoms with Crippen LogP contribution >= 0.6 is 11.5 Å². The number of fused-ring (bicyclic) bond motifs is 1. The highest BCUT2D eigenvalue weighted by Crippen LogP contribution is 2.16. The molecule has 0 atom stereocenters. The maximum absolute atomic E-state index is 12.1. The Labute approximate surface area is 117 Å². The highest BCUT2D eigenvalue weighted by molar-refractivity contribution is 7.13. The van der Waals surface area contributed by atoms with Crippen LogP contribution in [0, 0.1) is 0 Å². The molecule has 19 heavy (non-hydrogen) atoms. The molecule has 0 bridgehead atoms. The van der Waals surface area contributed by atoms with Crippen molar-refractivity contribution in [1.82, 2.24) is 8.86 Å². The van der Waals surface area contributed by atoms with Gasteiger partial charge in [0.1, 0.15) is 0 Å². The molecule has 1 aliphatic heterocycles. The Bertz CT molecular complexity index is 595. The number of nitrogens with zero attached hydrogens (tertiary/aromatic N) is 2. The second-order valence-corrected chi connectivity index (χ2v) is 6.31. The zero-order valence-corrected chi connectivity index (χ0v) is 12.0. The van der Waals surface area contributed by atoms with Crippen LogP contribution in [0.15, 0.2) is 29.1 Å². The number of hydrogen-bond donors (Lipinski definition) is 0. The lowest BCUT2D eigenvalue weighted by Gasteiger charge is -2.13. The van der Waals surface area contributed by atoms with Gasteiger partial charge < -0.3 is 4.90 Å². The van der Waals surface area contributed by atoms with Gasteiger partial charge in [-0.1, -0.05) is 23.7 Å². The van der Waals surface area contributed by atoms with Crippen molar-refractivity contribution in [3.8, 4) is 0 Å². The van der Waals surface area contributed by atoms with E-state index in [2.05, 4.69) is 4.90 Å². The molecule has 1 aromatic carbocycles. The fourth-order valence-electron chi connectivity index (χ4n) is 2.76. The van der Waals surface area contributed by atoms with Crippen molar-refractivity contribution in [2.24, 2.45) is 0 Å². The lowest BCUT2D eigenvalue weighted by Crippen LogP contribution is -2.21. The number of unbranched alkanes of at least 4 members (excludes halogenated alkanes) is 1. The fourth-order valence-corrected chi connectivity index (χ4v) is 3.79. The van der Waals surface area contributed by atoms with Gasteiger partial charge in [0.2, 0.25) is 0 Å². The Morgan fingerprint density at radius 3 is 2.58 bits per heavy atom. The van der Waals surface area contributed by atoms with Gasteiger partial charge >= 0.3 is 0 Å². The van der Waals surface area contributed by atoms with Gasteiger partial charge in [-0.25, -0.2) is 0 Å². The molecule has 0 unspecified atom stereocenters. The Kier molecular flexibility index (Phi) is 3.99. The molecule has 1 aromatic heterocycles. The third kappa shape index (κ3) is 2.90. The zero-order chi connectivity index (χ0) is 13.1. The minimum atomic E-state index is 0.182. The van der Waals surface area contributed by atoms with Gasteiger partial charge in [-0.05, 0) is 57.5 Å². The van der Waals surface area contributed by atoms with Gasteiger partial charge in [0.25, 0.3) is 5.56 Å². The van der Waals surface area contributed by atoms with Crippen molar-refractivity contribution in [3.63, 3.8) is 0 Å².